The van der Waals surface area contributed by atoms with Crippen LogP contribution in [0.25, 0.3) is 10.9 Å². The van der Waals surface area contributed by atoms with Gasteiger partial charge in [-0.05, 0) is 80.6 Å². The second-order valence-electron chi connectivity index (χ2n) is 12.2. The molecule has 0 saturated carbocycles. The number of ether oxygens (including phenoxy) is 1. The number of likely N-dealkylation sites (N-methyl/N-ethyl adjacent to an activating group) is 2. The molecule has 226 valence electrons. The Morgan fingerprint density at radius 1 is 1.00 bits per heavy atom. The fourth-order valence-electron chi connectivity index (χ4n) is 7.58. The summed E-state index contributed by atoms with van der Waals surface area (Å²) in [5.74, 6) is 0.772. The van der Waals surface area contributed by atoms with E-state index in [0.29, 0.717) is 25.0 Å². The van der Waals surface area contributed by atoms with Crippen molar-refractivity contribution in [2.45, 2.75) is 70.9 Å². The van der Waals surface area contributed by atoms with Crippen molar-refractivity contribution < 1.29 is 9.53 Å². The van der Waals surface area contributed by atoms with Crippen molar-refractivity contribution in [1.82, 2.24) is 15.2 Å². The maximum absolute atomic E-state index is 12.6. The molecule has 4 atom stereocenters. The van der Waals surface area contributed by atoms with E-state index in [0.717, 1.165) is 31.6 Å². The number of hydrogen-bond donors (Lipinski definition) is 2. The van der Waals surface area contributed by atoms with Gasteiger partial charge in [0.25, 0.3) is 0 Å². The third kappa shape index (κ3) is 5.90. The number of rotatable bonds is 10. The fourth-order valence-corrected chi connectivity index (χ4v) is 7.58. The molecule has 0 bridgehead atoms. The largest absolute Gasteiger partial charge is 0.450 e. The zero-order valence-corrected chi connectivity index (χ0v) is 26.1. The number of nitrogens with one attached hydrogen (secondary N) is 2. The number of nitrogens with zero attached hydrogens (tertiary/aromatic N) is 2. The van der Waals surface area contributed by atoms with Crippen LogP contribution in [-0.4, -0.2) is 60.8 Å². The quantitative estimate of drug-likeness (QED) is 0.208. The second kappa shape index (κ2) is 12.8. The predicted octanol–water partition coefficient (Wildman–Crippen LogP) is 7.24. The minimum absolute atomic E-state index is 0.103. The van der Waals surface area contributed by atoms with Crippen LogP contribution in [0.3, 0.4) is 0 Å². The van der Waals surface area contributed by atoms with Crippen LogP contribution in [0.5, 0.6) is 0 Å². The van der Waals surface area contributed by atoms with Gasteiger partial charge >= 0.3 is 6.09 Å². The topological polar surface area (TPSA) is 60.6 Å². The summed E-state index contributed by atoms with van der Waals surface area (Å²) in [7, 11) is 0. The summed E-state index contributed by atoms with van der Waals surface area (Å²) in [6.45, 7) is 13.6. The van der Waals surface area contributed by atoms with Crippen molar-refractivity contribution in [2.75, 3.05) is 37.7 Å². The van der Waals surface area contributed by atoms with Gasteiger partial charge in [-0.2, -0.15) is 0 Å². The number of fused-ring (bicyclic) bond motifs is 4. The van der Waals surface area contributed by atoms with Crippen LogP contribution in [0.2, 0.25) is 0 Å². The summed E-state index contributed by atoms with van der Waals surface area (Å²) in [6.07, 6.45) is 2.30. The summed E-state index contributed by atoms with van der Waals surface area (Å²) in [5.41, 5.74) is 9.12. The molecule has 6 nitrogen and oxygen atoms in total. The maximum Gasteiger partial charge on any atom is 0.407 e. The zero-order chi connectivity index (χ0) is 29.9. The molecule has 2 N–H and O–H groups in total. The SMILES string of the molecule is CCOC(=O)NC(Cc1ccccc1)Cc1c(C(C)c2ccc3c(c2)C2CCN(CC)CC2N3CC)[nH]c2ccccc12. The number of likely N-dealkylation sites (tertiary alicyclic amines) is 1. The highest BCUT2D eigenvalue weighted by Crippen LogP contribution is 2.46. The highest BCUT2D eigenvalue weighted by Gasteiger charge is 2.41. The van der Waals surface area contributed by atoms with Crippen LogP contribution < -0.4 is 10.2 Å². The number of benzene rings is 3. The molecule has 6 heteroatoms. The van der Waals surface area contributed by atoms with Crippen LogP contribution in [0, 0.1) is 0 Å². The van der Waals surface area contributed by atoms with Gasteiger partial charge in [-0.1, -0.05) is 74.5 Å². The molecule has 0 spiro atoms. The van der Waals surface area contributed by atoms with Crippen molar-refractivity contribution in [3.63, 3.8) is 0 Å². The first-order valence-electron chi connectivity index (χ1n) is 16.2. The first-order valence-corrected chi connectivity index (χ1v) is 16.2. The number of aromatic nitrogens is 1. The van der Waals surface area contributed by atoms with Crippen molar-refractivity contribution >= 4 is 22.7 Å². The fraction of sp³-hybridized carbons (Fsp3) is 0.432. The second-order valence-corrected chi connectivity index (χ2v) is 12.2. The predicted molar refractivity (Wildman–Crippen MR) is 176 cm³/mol. The summed E-state index contributed by atoms with van der Waals surface area (Å²) in [6, 6.07) is 26.6. The number of aromatic amines is 1. The number of anilines is 1. The number of para-hydroxylation sites is 1. The summed E-state index contributed by atoms with van der Waals surface area (Å²) < 4.78 is 5.32. The standard InChI is InChI=1S/C37H46N4O2/c1-5-40-20-19-30-31-22-27(17-18-34(31)41(6-2)35(30)24-40)25(4)36-32(29-15-11-12-16-33(29)39-36)23-28(38-37(42)43-7-3)21-26-13-9-8-10-14-26/h8-18,22,25,28,30,35,39H,5-7,19-21,23-24H2,1-4H3,(H,38,42). The van der Waals surface area contributed by atoms with Crippen molar-refractivity contribution in [3.05, 3.63) is 101 Å². The Balaban J connectivity index is 1.34. The number of carbonyl (C=O) groups is 1. The minimum Gasteiger partial charge on any atom is -0.450 e. The summed E-state index contributed by atoms with van der Waals surface area (Å²) >= 11 is 0. The summed E-state index contributed by atoms with van der Waals surface area (Å²) in [5, 5.41) is 4.40. The highest BCUT2D eigenvalue weighted by atomic mass is 16.5. The number of hydrogen-bond acceptors (Lipinski definition) is 4. The lowest BCUT2D eigenvalue weighted by Gasteiger charge is -2.38. The van der Waals surface area contributed by atoms with Gasteiger partial charge in [-0.25, -0.2) is 4.79 Å². The number of alkyl carbamates (subject to hydrolysis) is 1. The van der Waals surface area contributed by atoms with Gasteiger partial charge in [0.15, 0.2) is 0 Å². The first-order chi connectivity index (χ1) is 21.0. The molecule has 6 rings (SSSR count). The Hall–Kier alpha value is -3.77. The molecule has 0 radical (unpaired) electrons. The number of amides is 1. The molecule has 3 aromatic carbocycles. The van der Waals surface area contributed by atoms with E-state index in [1.807, 2.05) is 13.0 Å². The molecular weight excluding hydrogens is 532 g/mol. The Labute approximate surface area is 256 Å². The van der Waals surface area contributed by atoms with Crippen LogP contribution in [0.15, 0.2) is 72.8 Å². The van der Waals surface area contributed by atoms with Gasteiger partial charge in [-0.3, -0.25) is 0 Å². The average Bonchev–Trinajstić information content (AvgIpc) is 3.55. The molecule has 1 saturated heterocycles. The Morgan fingerprint density at radius 3 is 2.56 bits per heavy atom. The van der Waals surface area contributed by atoms with E-state index in [4.69, 9.17) is 4.74 Å². The van der Waals surface area contributed by atoms with Crippen molar-refractivity contribution in [3.8, 4) is 0 Å². The Bertz CT molecular complexity index is 1550. The normalized spacial score (nSPS) is 19.6. The molecule has 1 aromatic heterocycles. The Morgan fingerprint density at radius 2 is 1.79 bits per heavy atom. The lowest BCUT2D eigenvalue weighted by Crippen LogP contribution is -2.48. The van der Waals surface area contributed by atoms with Gasteiger partial charge in [0.1, 0.15) is 0 Å². The first kappa shape index (κ1) is 29.3. The van der Waals surface area contributed by atoms with Crippen LogP contribution in [-0.2, 0) is 17.6 Å². The molecule has 2 aliphatic rings. The van der Waals surface area contributed by atoms with E-state index in [1.54, 1.807) is 0 Å². The minimum atomic E-state index is -0.361. The smallest absolute Gasteiger partial charge is 0.407 e. The molecule has 0 aliphatic carbocycles. The lowest BCUT2D eigenvalue weighted by atomic mass is 9.85. The number of piperidine rings is 1. The third-order valence-electron chi connectivity index (χ3n) is 9.77. The van der Waals surface area contributed by atoms with E-state index >= 15 is 0 Å². The van der Waals surface area contributed by atoms with Crippen molar-refractivity contribution in [1.29, 1.82) is 0 Å². The molecule has 1 amide bonds. The highest BCUT2D eigenvalue weighted by molar-refractivity contribution is 5.85. The van der Waals surface area contributed by atoms with Gasteiger partial charge in [-0.15, -0.1) is 0 Å². The van der Waals surface area contributed by atoms with Crippen LogP contribution >= 0.6 is 0 Å². The van der Waals surface area contributed by atoms with E-state index in [1.165, 1.54) is 52.0 Å². The molecule has 4 aromatic rings. The molecule has 43 heavy (non-hydrogen) atoms. The van der Waals surface area contributed by atoms with Crippen LogP contribution in [0.1, 0.15) is 73.9 Å². The summed E-state index contributed by atoms with van der Waals surface area (Å²) in [4.78, 5) is 21.7. The molecule has 3 heterocycles. The van der Waals surface area contributed by atoms with E-state index in [2.05, 4.69) is 108 Å². The monoisotopic (exact) mass is 578 g/mol. The molecular formula is C37H46N4O2. The Kier molecular flexibility index (Phi) is 8.75. The van der Waals surface area contributed by atoms with Crippen LogP contribution in [0.4, 0.5) is 10.5 Å². The molecule has 4 unspecified atom stereocenters. The maximum atomic E-state index is 12.6. The van der Waals surface area contributed by atoms with E-state index in [9.17, 15) is 4.79 Å². The van der Waals surface area contributed by atoms with Gasteiger partial charge in [0.2, 0.25) is 0 Å². The molecule has 1 fully saturated rings. The molecule has 2 aliphatic heterocycles. The third-order valence-corrected chi connectivity index (χ3v) is 9.77. The number of H-pyrrole nitrogens is 1. The van der Waals surface area contributed by atoms with Crippen molar-refractivity contribution in [2.24, 2.45) is 0 Å². The average molecular weight is 579 g/mol. The lowest BCUT2D eigenvalue weighted by molar-refractivity contribution is 0.148. The number of carbonyl (C=O) groups excluding carboxylic acids is 1. The van der Waals surface area contributed by atoms with Gasteiger partial charge < -0.3 is 24.8 Å². The van der Waals surface area contributed by atoms with E-state index < -0.39 is 0 Å². The van der Waals surface area contributed by atoms with Gasteiger partial charge in [0.05, 0.1) is 6.61 Å². The van der Waals surface area contributed by atoms with E-state index in [-0.39, 0.29) is 18.1 Å². The zero-order valence-electron chi connectivity index (χ0n) is 26.1. The van der Waals surface area contributed by atoms with Gasteiger partial charge in [0, 0.05) is 59.3 Å².